The van der Waals surface area contributed by atoms with Crippen molar-refractivity contribution >= 4 is 5.57 Å². The zero-order chi connectivity index (χ0) is 23.8. The molecule has 3 rings (SSSR count). The molecule has 0 radical (unpaired) electrons. The van der Waals surface area contributed by atoms with Gasteiger partial charge in [-0.25, -0.2) is 9.97 Å². The van der Waals surface area contributed by atoms with E-state index in [1.807, 2.05) is 30.3 Å². The van der Waals surface area contributed by atoms with Crippen LogP contribution in [-0.2, 0) is 0 Å². The van der Waals surface area contributed by atoms with Crippen molar-refractivity contribution < 1.29 is 4.74 Å². The minimum Gasteiger partial charge on any atom is -0.493 e. The molecule has 1 aromatic carbocycles. The number of benzene rings is 1. The van der Waals surface area contributed by atoms with Crippen LogP contribution in [0.5, 0.6) is 5.75 Å². The minimum absolute atomic E-state index is 0.641. The van der Waals surface area contributed by atoms with Crippen LogP contribution >= 0.6 is 0 Å². The highest BCUT2D eigenvalue weighted by atomic mass is 16.5. The molecular formula is C28H41N3O. The van der Waals surface area contributed by atoms with Gasteiger partial charge in [0.15, 0.2) is 5.82 Å². The lowest BCUT2D eigenvalue weighted by atomic mass is 9.99. The van der Waals surface area contributed by atoms with E-state index in [4.69, 9.17) is 4.74 Å². The molecule has 4 heteroatoms. The molecule has 2 heterocycles. The topological polar surface area (TPSA) is 47.0 Å². The van der Waals surface area contributed by atoms with Crippen molar-refractivity contribution in [3.63, 3.8) is 0 Å². The molecule has 32 heavy (non-hydrogen) atoms. The van der Waals surface area contributed by atoms with Crippen LogP contribution in [0.1, 0.15) is 65.5 Å². The van der Waals surface area contributed by atoms with E-state index in [1.165, 1.54) is 25.0 Å². The van der Waals surface area contributed by atoms with Crippen LogP contribution in [0.3, 0.4) is 0 Å². The first-order chi connectivity index (χ1) is 15.5. The molecule has 174 valence electrons. The summed E-state index contributed by atoms with van der Waals surface area (Å²) in [4.78, 5) is 8.89. The molecule has 1 unspecified atom stereocenters. The SMILES string of the molecule is C=C1NCCCC1C.C=CC(=C)c1ccnc(-c2ccccc2OCCCC)n1.CCC. The third-order valence-corrected chi connectivity index (χ3v) is 4.88. The summed E-state index contributed by atoms with van der Waals surface area (Å²) in [5.41, 5.74) is 3.67. The number of hydrogen-bond donors (Lipinski definition) is 1. The molecule has 0 amide bonds. The van der Waals surface area contributed by atoms with Gasteiger partial charge in [-0.15, -0.1) is 0 Å². The first-order valence-corrected chi connectivity index (χ1v) is 11.8. The Labute approximate surface area is 195 Å². The van der Waals surface area contributed by atoms with Crippen molar-refractivity contribution in [2.45, 2.75) is 59.8 Å². The molecule has 1 atom stereocenters. The fourth-order valence-corrected chi connectivity index (χ4v) is 2.88. The fourth-order valence-electron chi connectivity index (χ4n) is 2.88. The van der Waals surface area contributed by atoms with Crippen LogP contribution in [0.15, 0.2) is 68.0 Å². The third kappa shape index (κ3) is 9.51. The molecule has 0 aliphatic carbocycles. The van der Waals surface area contributed by atoms with E-state index in [2.05, 4.69) is 62.7 Å². The van der Waals surface area contributed by atoms with Gasteiger partial charge in [-0.1, -0.05) is 78.5 Å². The normalized spacial score (nSPS) is 14.6. The number of unbranched alkanes of at least 4 members (excludes halogenated alkanes) is 1. The summed E-state index contributed by atoms with van der Waals surface area (Å²) in [7, 11) is 0. The Kier molecular flexibility index (Phi) is 13.5. The molecule has 1 N–H and O–H groups in total. The monoisotopic (exact) mass is 435 g/mol. The summed E-state index contributed by atoms with van der Waals surface area (Å²) in [5, 5.41) is 3.24. The number of aromatic nitrogens is 2. The number of ether oxygens (including phenoxy) is 1. The van der Waals surface area contributed by atoms with Gasteiger partial charge in [-0.3, -0.25) is 0 Å². The molecule has 1 aliphatic heterocycles. The van der Waals surface area contributed by atoms with Crippen LogP contribution in [0.25, 0.3) is 17.0 Å². The Morgan fingerprint density at radius 1 is 1.22 bits per heavy atom. The summed E-state index contributed by atoms with van der Waals surface area (Å²) in [6.45, 7) is 22.0. The van der Waals surface area contributed by atoms with E-state index >= 15 is 0 Å². The van der Waals surface area contributed by atoms with Crippen LogP contribution in [0, 0.1) is 5.92 Å². The molecule has 4 nitrogen and oxygen atoms in total. The van der Waals surface area contributed by atoms with Crippen LogP contribution in [0.2, 0.25) is 0 Å². The molecule has 2 aromatic rings. The largest absolute Gasteiger partial charge is 0.493 e. The van der Waals surface area contributed by atoms with Crippen molar-refractivity contribution in [1.82, 2.24) is 15.3 Å². The van der Waals surface area contributed by atoms with Gasteiger partial charge in [0.25, 0.3) is 0 Å². The molecule has 1 saturated heterocycles. The van der Waals surface area contributed by atoms with E-state index in [-0.39, 0.29) is 0 Å². The zero-order valence-corrected chi connectivity index (χ0v) is 20.5. The summed E-state index contributed by atoms with van der Waals surface area (Å²) >= 11 is 0. The van der Waals surface area contributed by atoms with Crippen molar-refractivity contribution in [1.29, 1.82) is 0 Å². The average Bonchev–Trinajstić information content (AvgIpc) is 2.82. The van der Waals surface area contributed by atoms with Crippen LogP contribution < -0.4 is 10.1 Å². The summed E-state index contributed by atoms with van der Waals surface area (Å²) in [5.74, 6) is 2.15. The number of nitrogens with one attached hydrogen (secondary N) is 1. The van der Waals surface area contributed by atoms with E-state index in [9.17, 15) is 0 Å². The number of hydrogen-bond acceptors (Lipinski definition) is 4. The molecule has 0 spiro atoms. The maximum atomic E-state index is 5.84. The lowest BCUT2D eigenvalue weighted by Gasteiger charge is -2.21. The van der Waals surface area contributed by atoms with E-state index in [0.29, 0.717) is 18.3 Å². The average molecular weight is 436 g/mol. The lowest BCUT2D eigenvalue weighted by Crippen LogP contribution is -2.24. The predicted molar refractivity (Wildman–Crippen MR) is 139 cm³/mol. The van der Waals surface area contributed by atoms with Crippen molar-refractivity contribution in [2.75, 3.05) is 13.2 Å². The van der Waals surface area contributed by atoms with Crippen molar-refractivity contribution in [2.24, 2.45) is 5.92 Å². The Morgan fingerprint density at radius 2 is 1.94 bits per heavy atom. The molecule has 1 aromatic heterocycles. The molecular weight excluding hydrogens is 394 g/mol. The second-order valence-electron chi connectivity index (χ2n) is 7.90. The molecule has 0 saturated carbocycles. The maximum Gasteiger partial charge on any atom is 0.163 e. The first kappa shape index (κ1) is 27.2. The number of rotatable bonds is 7. The van der Waals surface area contributed by atoms with Gasteiger partial charge in [0.1, 0.15) is 5.75 Å². The summed E-state index contributed by atoms with van der Waals surface area (Å²) < 4.78 is 5.84. The highest BCUT2D eigenvalue weighted by Gasteiger charge is 2.10. The Hall–Kier alpha value is -2.88. The maximum absolute atomic E-state index is 5.84. The van der Waals surface area contributed by atoms with Gasteiger partial charge in [-0.05, 0) is 49.0 Å². The molecule has 1 aliphatic rings. The Balaban J connectivity index is 0.000000384. The quantitative estimate of drug-likeness (QED) is 0.362. The number of nitrogens with zero attached hydrogens (tertiary/aromatic N) is 2. The second kappa shape index (κ2) is 15.9. The van der Waals surface area contributed by atoms with E-state index in [0.717, 1.165) is 42.0 Å². The molecule has 1 fully saturated rings. The van der Waals surface area contributed by atoms with Gasteiger partial charge in [0.05, 0.1) is 17.9 Å². The van der Waals surface area contributed by atoms with Crippen molar-refractivity contribution in [3.05, 3.63) is 73.7 Å². The van der Waals surface area contributed by atoms with Gasteiger partial charge in [0.2, 0.25) is 0 Å². The third-order valence-electron chi connectivity index (χ3n) is 4.88. The Morgan fingerprint density at radius 3 is 2.53 bits per heavy atom. The molecule has 0 bridgehead atoms. The first-order valence-electron chi connectivity index (χ1n) is 11.8. The zero-order valence-electron chi connectivity index (χ0n) is 20.5. The highest BCUT2D eigenvalue weighted by Crippen LogP contribution is 2.28. The summed E-state index contributed by atoms with van der Waals surface area (Å²) in [6, 6.07) is 9.66. The number of allylic oxidation sites excluding steroid dienone is 3. The number of para-hydroxylation sites is 1. The predicted octanol–water partition coefficient (Wildman–Crippen LogP) is 7.46. The second-order valence-corrected chi connectivity index (χ2v) is 7.90. The Bertz CT molecular complexity index is 844. The van der Waals surface area contributed by atoms with Gasteiger partial charge in [0, 0.05) is 18.4 Å². The van der Waals surface area contributed by atoms with Gasteiger partial charge < -0.3 is 10.1 Å². The number of piperidine rings is 1. The minimum atomic E-state index is 0.641. The van der Waals surface area contributed by atoms with E-state index < -0.39 is 0 Å². The van der Waals surface area contributed by atoms with Crippen molar-refractivity contribution in [3.8, 4) is 17.1 Å². The fraction of sp³-hybridized carbons (Fsp3) is 0.429. The lowest BCUT2D eigenvalue weighted by molar-refractivity contribution is 0.310. The van der Waals surface area contributed by atoms with Crippen LogP contribution in [0.4, 0.5) is 0 Å². The van der Waals surface area contributed by atoms with E-state index in [1.54, 1.807) is 12.3 Å². The van der Waals surface area contributed by atoms with Crippen LogP contribution in [-0.4, -0.2) is 23.1 Å². The highest BCUT2D eigenvalue weighted by molar-refractivity contribution is 5.71. The van der Waals surface area contributed by atoms with Gasteiger partial charge in [-0.2, -0.15) is 0 Å². The smallest absolute Gasteiger partial charge is 0.163 e. The van der Waals surface area contributed by atoms with Gasteiger partial charge >= 0.3 is 0 Å². The standard InChI is InChI=1S/C18H20N2O.C7H13N.C3H8/c1-4-6-13-21-17-10-8-7-9-15(17)18-19-12-11-16(20-18)14(3)5-2;1-6-4-3-5-8-7(6)2;1-3-2/h5,7-12H,2-4,6,13H2,1H3;6,8H,2-5H2,1H3;3H2,1-2H3. The summed E-state index contributed by atoms with van der Waals surface area (Å²) in [6.07, 6.45) is 9.42.